The van der Waals surface area contributed by atoms with Gasteiger partial charge in [-0.1, -0.05) is 27.2 Å². The number of hydrogen-bond donors (Lipinski definition) is 2. The van der Waals surface area contributed by atoms with Crippen LogP contribution in [-0.4, -0.2) is 39.2 Å². The smallest absolute Gasteiger partial charge is 0.335 e. The first-order chi connectivity index (χ1) is 18.4. The Labute approximate surface area is 240 Å². The van der Waals surface area contributed by atoms with Gasteiger partial charge in [-0.15, -0.1) is 0 Å². The van der Waals surface area contributed by atoms with Crippen molar-refractivity contribution in [3.05, 3.63) is 29.8 Å². The molecule has 0 bridgehead atoms. The Morgan fingerprint density at radius 2 is 1.59 bits per heavy atom. The quantitative estimate of drug-likeness (QED) is 0.367. The number of carboxylic acid groups (broad SMARTS) is 1. The zero-order chi connectivity index (χ0) is 27.8. The highest BCUT2D eigenvalue weighted by Crippen LogP contribution is 2.76. The molecule has 216 valence electrons. The average molecular weight is 554 g/mol. The van der Waals surface area contributed by atoms with Gasteiger partial charge in [0.25, 0.3) is 0 Å². The zero-order valence-corrected chi connectivity index (χ0v) is 25.8. The van der Waals surface area contributed by atoms with E-state index in [1.165, 1.54) is 70.6 Å². The van der Waals surface area contributed by atoms with Crippen molar-refractivity contribution in [3.63, 3.8) is 0 Å². The van der Waals surface area contributed by atoms with Crippen molar-refractivity contribution >= 4 is 17.9 Å². The van der Waals surface area contributed by atoms with E-state index >= 15 is 0 Å². The molecule has 7 unspecified atom stereocenters. The molecule has 5 aliphatic rings. The van der Waals surface area contributed by atoms with Crippen molar-refractivity contribution in [3.8, 4) is 0 Å². The third-order valence-corrected chi connectivity index (χ3v) is 15.4. The highest BCUT2D eigenvalue weighted by molar-refractivity contribution is 7.97. The van der Waals surface area contributed by atoms with E-state index in [0.717, 1.165) is 29.2 Å². The number of aromatic carboxylic acids is 1. The lowest BCUT2D eigenvalue weighted by molar-refractivity contribution is -0.225. The molecule has 2 N–H and O–H groups in total. The molecule has 1 aliphatic heterocycles. The summed E-state index contributed by atoms with van der Waals surface area (Å²) in [5.74, 6) is 2.05. The van der Waals surface area contributed by atoms with Crippen LogP contribution in [0.3, 0.4) is 0 Å². The van der Waals surface area contributed by atoms with E-state index in [4.69, 9.17) is 0 Å². The van der Waals surface area contributed by atoms with E-state index in [-0.39, 0.29) is 11.0 Å². The summed E-state index contributed by atoms with van der Waals surface area (Å²) in [6.07, 6.45) is 14.3. The summed E-state index contributed by atoms with van der Waals surface area (Å²) in [4.78, 5) is 12.5. The number of benzene rings is 1. The molecular weight excluding hydrogens is 502 g/mol. The first-order valence-electron chi connectivity index (χ1n) is 15.8. The minimum atomic E-state index is -0.862. The summed E-state index contributed by atoms with van der Waals surface area (Å²) in [6, 6.07) is 7.44. The fourth-order valence-electron chi connectivity index (χ4n) is 11.9. The summed E-state index contributed by atoms with van der Waals surface area (Å²) < 4.78 is 2.64. The van der Waals surface area contributed by atoms with Crippen LogP contribution in [0.2, 0.25) is 0 Å². The Balaban J connectivity index is 1.28. The lowest BCUT2D eigenvalue weighted by atomic mass is 9.34. The normalized spacial score (nSPS) is 45.4. The summed E-state index contributed by atoms with van der Waals surface area (Å²) >= 11 is 1.83. The average Bonchev–Trinajstić information content (AvgIpc) is 3.30. The minimum absolute atomic E-state index is 0.0600. The first-order valence-corrected chi connectivity index (χ1v) is 16.6. The molecule has 0 aromatic heterocycles. The molecule has 5 fully saturated rings. The van der Waals surface area contributed by atoms with Gasteiger partial charge in [0, 0.05) is 23.6 Å². The third kappa shape index (κ3) is 3.95. The molecular formula is C34H51NO3S. The molecule has 0 radical (unpaired) electrons. The van der Waals surface area contributed by atoms with Crippen molar-refractivity contribution in [2.45, 2.75) is 116 Å². The van der Waals surface area contributed by atoms with Gasteiger partial charge in [0.1, 0.15) is 0 Å². The van der Waals surface area contributed by atoms with E-state index < -0.39 is 5.97 Å². The molecule has 0 spiro atoms. The van der Waals surface area contributed by atoms with Crippen LogP contribution in [0.15, 0.2) is 29.2 Å². The predicted octanol–water partition coefficient (Wildman–Crippen LogP) is 8.29. The van der Waals surface area contributed by atoms with Gasteiger partial charge in [0.15, 0.2) is 0 Å². The molecule has 1 aromatic carbocycles. The molecule has 0 amide bonds. The summed E-state index contributed by atoms with van der Waals surface area (Å²) in [5, 5.41) is 19.9. The van der Waals surface area contributed by atoms with Crippen LogP contribution in [0.1, 0.15) is 116 Å². The molecule has 6 rings (SSSR count). The van der Waals surface area contributed by atoms with Gasteiger partial charge in [-0.05, 0) is 160 Å². The Hall–Kier alpha value is -1.04. The van der Waals surface area contributed by atoms with Gasteiger partial charge < -0.3 is 10.2 Å². The zero-order valence-electron chi connectivity index (χ0n) is 25.0. The largest absolute Gasteiger partial charge is 0.478 e. The minimum Gasteiger partial charge on any atom is -0.478 e. The van der Waals surface area contributed by atoms with Gasteiger partial charge >= 0.3 is 5.97 Å². The number of rotatable bonds is 4. The highest BCUT2D eigenvalue weighted by Gasteiger charge is 2.69. The predicted molar refractivity (Wildman–Crippen MR) is 159 cm³/mol. The molecule has 1 saturated heterocycles. The fourth-order valence-corrected chi connectivity index (χ4v) is 13.0. The standard InChI is InChI=1S/C34H51NO3S/c1-30(2)27-15-18-33(5)28(14-13-25-26-8-6-17-34(26,22-36)20-19-32(25,33)4)31(27,3)16-7-21-35(30)39-24-11-9-23(10-12-24)29(37)38/h9-12,25-28,36H,6-8,13-22H2,1-5H3,(H,37,38)/t25?,26?,27?,28?,31?,32-,33?,34?/m1/s1. The summed E-state index contributed by atoms with van der Waals surface area (Å²) in [5.41, 5.74) is 1.72. The third-order valence-electron chi connectivity index (χ3n) is 14.0. The van der Waals surface area contributed by atoms with Crippen LogP contribution in [0.4, 0.5) is 0 Å². The van der Waals surface area contributed by atoms with Crippen molar-refractivity contribution in [2.24, 2.45) is 45.3 Å². The van der Waals surface area contributed by atoms with E-state index in [0.29, 0.717) is 34.3 Å². The number of hydrogen-bond acceptors (Lipinski definition) is 4. The molecule has 8 atom stereocenters. The Morgan fingerprint density at radius 1 is 0.846 bits per heavy atom. The Morgan fingerprint density at radius 3 is 2.28 bits per heavy atom. The van der Waals surface area contributed by atoms with Gasteiger partial charge in [-0.2, -0.15) is 0 Å². The van der Waals surface area contributed by atoms with E-state index in [1.54, 1.807) is 12.1 Å². The Bertz CT molecular complexity index is 1100. The number of nitrogens with zero attached hydrogens (tertiary/aromatic N) is 1. The summed E-state index contributed by atoms with van der Waals surface area (Å²) in [6.45, 7) is 14.5. The van der Waals surface area contributed by atoms with E-state index in [9.17, 15) is 15.0 Å². The molecule has 4 aliphatic carbocycles. The number of aliphatic hydroxyl groups excluding tert-OH is 1. The maximum atomic E-state index is 11.4. The summed E-state index contributed by atoms with van der Waals surface area (Å²) in [7, 11) is 0. The van der Waals surface area contributed by atoms with E-state index in [1.807, 2.05) is 24.1 Å². The van der Waals surface area contributed by atoms with Crippen molar-refractivity contribution < 1.29 is 15.0 Å². The second-order valence-corrected chi connectivity index (χ2v) is 16.6. The number of carboxylic acids is 1. The van der Waals surface area contributed by atoms with Gasteiger partial charge in [0.2, 0.25) is 0 Å². The van der Waals surface area contributed by atoms with Crippen LogP contribution in [0.25, 0.3) is 0 Å². The SMILES string of the molecule is CC12CCCN(Sc3ccc(C(=O)O)cc3)C(C)(C)C1CCC1(C)C2CCC2C3CCCC3(CO)CC[C@]21C. The highest BCUT2D eigenvalue weighted by atomic mass is 32.2. The number of fused-ring (bicyclic) bond motifs is 7. The lowest BCUT2D eigenvalue weighted by Crippen LogP contribution is -2.65. The van der Waals surface area contributed by atoms with Crippen LogP contribution < -0.4 is 0 Å². The molecule has 4 nitrogen and oxygen atoms in total. The number of carbonyl (C=O) groups is 1. The fraction of sp³-hybridized carbons (Fsp3) is 0.794. The maximum Gasteiger partial charge on any atom is 0.335 e. The number of aliphatic hydroxyl groups is 1. The van der Waals surface area contributed by atoms with Crippen molar-refractivity contribution in [1.29, 1.82) is 0 Å². The van der Waals surface area contributed by atoms with Crippen LogP contribution in [-0.2, 0) is 0 Å². The lowest BCUT2D eigenvalue weighted by Gasteiger charge is -2.71. The second kappa shape index (κ2) is 9.49. The van der Waals surface area contributed by atoms with Crippen LogP contribution in [0, 0.1) is 45.3 Å². The molecule has 1 heterocycles. The van der Waals surface area contributed by atoms with Crippen molar-refractivity contribution in [1.82, 2.24) is 4.31 Å². The molecule has 39 heavy (non-hydrogen) atoms. The molecule has 5 heteroatoms. The topological polar surface area (TPSA) is 60.8 Å². The second-order valence-electron chi connectivity index (χ2n) is 15.5. The van der Waals surface area contributed by atoms with Crippen molar-refractivity contribution in [2.75, 3.05) is 13.2 Å². The van der Waals surface area contributed by atoms with E-state index in [2.05, 4.69) is 38.9 Å². The first kappa shape index (κ1) is 28.1. The van der Waals surface area contributed by atoms with Gasteiger partial charge in [0.05, 0.1) is 5.56 Å². The van der Waals surface area contributed by atoms with Gasteiger partial charge in [-0.25, -0.2) is 9.10 Å². The van der Waals surface area contributed by atoms with Crippen LogP contribution in [0.5, 0.6) is 0 Å². The van der Waals surface area contributed by atoms with Gasteiger partial charge in [-0.3, -0.25) is 0 Å². The molecule has 1 aromatic rings. The molecule has 4 saturated carbocycles. The maximum absolute atomic E-state index is 11.4. The van der Waals surface area contributed by atoms with Crippen LogP contribution >= 0.6 is 11.9 Å². The Kier molecular flexibility index (Phi) is 6.84. The monoisotopic (exact) mass is 553 g/mol.